The summed E-state index contributed by atoms with van der Waals surface area (Å²) in [6, 6.07) is 5.81. The van der Waals surface area contributed by atoms with Gasteiger partial charge in [-0.3, -0.25) is 0 Å². The summed E-state index contributed by atoms with van der Waals surface area (Å²) in [4.78, 5) is 0. The standard InChI is InChI=1S/C14H19F/c1-14(2,3)12-8-7-11(9-13(12)15)10-5-4-6-10/h7-10H,4-6H2,1-3H3. The molecule has 1 heteroatoms. The Hall–Kier alpha value is -0.850. The molecule has 2 rings (SSSR count). The molecule has 0 unspecified atom stereocenters. The molecule has 0 atom stereocenters. The van der Waals surface area contributed by atoms with Gasteiger partial charge in [-0.25, -0.2) is 4.39 Å². The fourth-order valence-electron chi connectivity index (χ4n) is 2.14. The smallest absolute Gasteiger partial charge is 0.127 e. The van der Waals surface area contributed by atoms with Crippen molar-refractivity contribution in [2.24, 2.45) is 0 Å². The Kier molecular flexibility index (Phi) is 2.57. The van der Waals surface area contributed by atoms with E-state index in [-0.39, 0.29) is 11.2 Å². The van der Waals surface area contributed by atoms with E-state index in [9.17, 15) is 4.39 Å². The number of halogens is 1. The van der Waals surface area contributed by atoms with Crippen LogP contribution in [-0.2, 0) is 5.41 Å². The third-order valence-corrected chi connectivity index (χ3v) is 3.38. The second-order valence-electron chi connectivity index (χ2n) is 5.62. The van der Waals surface area contributed by atoms with E-state index in [1.807, 2.05) is 6.07 Å². The highest BCUT2D eigenvalue weighted by atomic mass is 19.1. The summed E-state index contributed by atoms with van der Waals surface area (Å²) in [6.07, 6.45) is 3.76. The first-order valence-electron chi connectivity index (χ1n) is 5.78. The summed E-state index contributed by atoms with van der Waals surface area (Å²) >= 11 is 0. The summed E-state index contributed by atoms with van der Waals surface area (Å²) in [7, 11) is 0. The minimum Gasteiger partial charge on any atom is -0.207 e. The lowest BCUT2D eigenvalue weighted by Gasteiger charge is -2.27. The average molecular weight is 206 g/mol. The van der Waals surface area contributed by atoms with Crippen LogP contribution < -0.4 is 0 Å². The Balaban J connectivity index is 2.30. The molecule has 1 aliphatic carbocycles. The van der Waals surface area contributed by atoms with Gasteiger partial charge in [0.05, 0.1) is 0 Å². The molecule has 15 heavy (non-hydrogen) atoms. The van der Waals surface area contributed by atoms with E-state index in [1.165, 1.54) is 24.8 Å². The van der Waals surface area contributed by atoms with Crippen LogP contribution >= 0.6 is 0 Å². The lowest BCUT2D eigenvalue weighted by molar-refractivity contribution is 0.416. The van der Waals surface area contributed by atoms with Crippen molar-refractivity contribution in [1.82, 2.24) is 0 Å². The molecule has 0 saturated heterocycles. The molecule has 0 spiro atoms. The van der Waals surface area contributed by atoms with E-state index in [4.69, 9.17) is 0 Å². The fraction of sp³-hybridized carbons (Fsp3) is 0.571. The minimum atomic E-state index is -0.0950. The highest BCUT2D eigenvalue weighted by Gasteiger charge is 2.23. The minimum absolute atomic E-state index is 0.0353. The summed E-state index contributed by atoms with van der Waals surface area (Å²) in [6.45, 7) is 6.15. The van der Waals surface area contributed by atoms with Gasteiger partial charge in [0.1, 0.15) is 5.82 Å². The van der Waals surface area contributed by atoms with Crippen molar-refractivity contribution in [2.45, 2.75) is 51.4 Å². The van der Waals surface area contributed by atoms with Crippen LogP contribution in [0.3, 0.4) is 0 Å². The Morgan fingerprint density at radius 2 is 1.87 bits per heavy atom. The van der Waals surface area contributed by atoms with Gasteiger partial charge in [-0.15, -0.1) is 0 Å². The molecule has 0 aromatic heterocycles. The first-order chi connectivity index (χ1) is 6.98. The van der Waals surface area contributed by atoms with Gasteiger partial charge >= 0.3 is 0 Å². The van der Waals surface area contributed by atoms with Crippen LogP contribution in [0.5, 0.6) is 0 Å². The monoisotopic (exact) mass is 206 g/mol. The maximum absolute atomic E-state index is 13.9. The van der Waals surface area contributed by atoms with Crippen molar-refractivity contribution in [2.75, 3.05) is 0 Å². The molecule has 0 heterocycles. The van der Waals surface area contributed by atoms with Crippen molar-refractivity contribution in [3.8, 4) is 0 Å². The molecular formula is C14H19F. The molecule has 1 fully saturated rings. The number of hydrogen-bond acceptors (Lipinski definition) is 0. The summed E-state index contributed by atoms with van der Waals surface area (Å²) in [5.41, 5.74) is 1.92. The summed E-state index contributed by atoms with van der Waals surface area (Å²) in [5, 5.41) is 0. The Labute approximate surface area is 91.5 Å². The van der Waals surface area contributed by atoms with E-state index in [2.05, 4.69) is 26.8 Å². The van der Waals surface area contributed by atoms with E-state index >= 15 is 0 Å². The van der Waals surface area contributed by atoms with Crippen LogP contribution in [0.4, 0.5) is 4.39 Å². The molecular weight excluding hydrogens is 187 g/mol. The molecule has 0 radical (unpaired) electrons. The molecule has 0 aliphatic heterocycles. The maximum atomic E-state index is 13.9. The molecule has 1 saturated carbocycles. The molecule has 82 valence electrons. The van der Waals surface area contributed by atoms with Gasteiger partial charge in [-0.2, -0.15) is 0 Å². The number of hydrogen-bond donors (Lipinski definition) is 0. The van der Waals surface area contributed by atoms with Crippen molar-refractivity contribution in [3.05, 3.63) is 35.1 Å². The van der Waals surface area contributed by atoms with Crippen molar-refractivity contribution >= 4 is 0 Å². The molecule has 0 bridgehead atoms. The van der Waals surface area contributed by atoms with E-state index in [0.717, 1.165) is 5.56 Å². The highest BCUT2D eigenvalue weighted by molar-refractivity contribution is 5.31. The van der Waals surface area contributed by atoms with E-state index in [1.54, 1.807) is 6.07 Å². The predicted molar refractivity (Wildman–Crippen MR) is 61.7 cm³/mol. The molecule has 0 nitrogen and oxygen atoms in total. The largest absolute Gasteiger partial charge is 0.207 e. The third-order valence-electron chi connectivity index (χ3n) is 3.38. The molecule has 1 aliphatic rings. The Morgan fingerprint density at radius 1 is 1.20 bits per heavy atom. The van der Waals surface area contributed by atoms with Gasteiger partial charge < -0.3 is 0 Å². The van der Waals surface area contributed by atoms with Gasteiger partial charge in [0.2, 0.25) is 0 Å². The van der Waals surface area contributed by atoms with Crippen LogP contribution in [0.15, 0.2) is 18.2 Å². The quantitative estimate of drug-likeness (QED) is 0.639. The molecule has 1 aromatic carbocycles. The molecule has 0 amide bonds. The molecule has 0 N–H and O–H groups in total. The predicted octanol–water partition coefficient (Wildman–Crippen LogP) is 4.39. The summed E-state index contributed by atoms with van der Waals surface area (Å²) in [5.74, 6) is 0.584. The topological polar surface area (TPSA) is 0 Å². The first kappa shape index (κ1) is 10.7. The number of benzene rings is 1. The zero-order chi connectivity index (χ0) is 11.1. The van der Waals surface area contributed by atoms with Crippen LogP contribution in [-0.4, -0.2) is 0 Å². The SMILES string of the molecule is CC(C)(C)c1ccc(C2CCC2)cc1F. The van der Waals surface area contributed by atoms with Crippen LogP contribution in [0.1, 0.15) is 57.1 Å². The van der Waals surface area contributed by atoms with Crippen molar-refractivity contribution < 1.29 is 4.39 Å². The van der Waals surface area contributed by atoms with Crippen molar-refractivity contribution in [3.63, 3.8) is 0 Å². The van der Waals surface area contributed by atoms with Crippen LogP contribution in [0.2, 0.25) is 0 Å². The first-order valence-corrected chi connectivity index (χ1v) is 5.78. The second-order valence-corrected chi connectivity index (χ2v) is 5.62. The van der Waals surface area contributed by atoms with Gasteiger partial charge in [-0.05, 0) is 41.4 Å². The van der Waals surface area contributed by atoms with Crippen LogP contribution in [0.25, 0.3) is 0 Å². The Morgan fingerprint density at radius 3 is 2.27 bits per heavy atom. The fourth-order valence-corrected chi connectivity index (χ4v) is 2.14. The van der Waals surface area contributed by atoms with Gasteiger partial charge in [0, 0.05) is 0 Å². The van der Waals surface area contributed by atoms with Crippen molar-refractivity contribution in [1.29, 1.82) is 0 Å². The summed E-state index contributed by atoms with van der Waals surface area (Å²) < 4.78 is 13.9. The zero-order valence-electron chi connectivity index (χ0n) is 9.81. The van der Waals surface area contributed by atoms with Crippen LogP contribution in [0, 0.1) is 5.82 Å². The second kappa shape index (κ2) is 3.62. The number of rotatable bonds is 1. The van der Waals surface area contributed by atoms with Gasteiger partial charge in [0.25, 0.3) is 0 Å². The third kappa shape index (κ3) is 2.06. The highest BCUT2D eigenvalue weighted by Crippen LogP contribution is 2.37. The maximum Gasteiger partial charge on any atom is 0.127 e. The Bertz CT molecular complexity index is 356. The lowest BCUT2D eigenvalue weighted by Crippen LogP contribution is -2.15. The van der Waals surface area contributed by atoms with E-state index < -0.39 is 0 Å². The normalized spacial score (nSPS) is 17.6. The van der Waals surface area contributed by atoms with Gasteiger partial charge in [0.15, 0.2) is 0 Å². The molecule has 1 aromatic rings. The average Bonchev–Trinajstić information content (AvgIpc) is 1.97. The van der Waals surface area contributed by atoms with E-state index in [0.29, 0.717) is 5.92 Å². The zero-order valence-corrected chi connectivity index (χ0v) is 9.81. The van der Waals surface area contributed by atoms with Gasteiger partial charge in [-0.1, -0.05) is 39.3 Å². The lowest BCUT2D eigenvalue weighted by atomic mass is 9.78.